The maximum absolute atomic E-state index is 7.34. The van der Waals surface area contributed by atoms with Crippen molar-refractivity contribution < 1.29 is 0 Å². The van der Waals surface area contributed by atoms with Gasteiger partial charge in [-0.3, -0.25) is 0 Å². The molecule has 0 aliphatic heterocycles. The van der Waals surface area contributed by atoms with Crippen LogP contribution in [0.15, 0.2) is 18.2 Å². The Morgan fingerprint density at radius 2 is 1.50 bits per heavy atom. The van der Waals surface area contributed by atoms with Crippen molar-refractivity contribution in [3.8, 4) is 0 Å². The molecule has 0 fully saturated rings. The van der Waals surface area contributed by atoms with Gasteiger partial charge in [0.1, 0.15) is 0 Å². The van der Waals surface area contributed by atoms with Crippen molar-refractivity contribution in [3.05, 3.63) is 29.6 Å². The van der Waals surface area contributed by atoms with Crippen LogP contribution in [0, 0.1) is 10.8 Å². The van der Waals surface area contributed by atoms with Gasteiger partial charge in [0.2, 0.25) is 0 Å². The van der Waals surface area contributed by atoms with E-state index in [1.54, 1.807) is 26.0 Å². The molecule has 0 bridgehead atoms. The average Bonchev–Trinajstić information content (AvgIpc) is 2.04. The fourth-order valence-corrected chi connectivity index (χ4v) is 0.852. The molecule has 62 valence electrons. The molecule has 1 heterocycles. The Kier molecular flexibility index (Phi) is 2.33. The topological polar surface area (TPSA) is 60.6 Å². The second-order valence-electron chi connectivity index (χ2n) is 2.66. The number of rotatable bonds is 2. The van der Waals surface area contributed by atoms with Crippen molar-refractivity contribution in [2.45, 2.75) is 13.8 Å². The van der Waals surface area contributed by atoms with Crippen LogP contribution in [0.4, 0.5) is 0 Å². The smallest absolute Gasteiger partial charge is 0.0842 e. The quantitative estimate of drug-likeness (QED) is 0.639. The fourth-order valence-electron chi connectivity index (χ4n) is 0.852. The van der Waals surface area contributed by atoms with Crippen LogP contribution in [0.1, 0.15) is 25.2 Å². The Labute approximate surface area is 71.5 Å². The normalized spacial score (nSPS) is 9.50. The van der Waals surface area contributed by atoms with E-state index in [2.05, 4.69) is 4.98 Å². The predicted octanol–water partition coefficient (Wildman–Crippen LogP) is 1.86. The van der Waals surface area contributed by atoms with E-state index < -0.39 is 0 Å². The Morgan fingerprint density at radius 3 is 1.83 bits per heavy atom. The highest BCUT2D eigenvalue weighted by Gasteiger charge is 2.00. The number of nitrogens with one attached hydrogen (secondary N) is 2. The van der Waals surface area contributed by atoms with E-state index in [1.807, 2.05) is 6.07 Å². The lowest BCUT2D eigenvalue weighted by atomic mass is 10.2. The van der Waals surface area contributed by atoms with Crippen LogP contribution in [0.3, 0.4) is 0 Å². The Balaban J connectivity index is 3.12. The number of hydrogen-bond donors (Lipinski definition) is 2. The molecule has 0 saturated heterocycles. The van der Waals surface area contributed by atoms with Crippen LogP contribution in [-0.2, 0) is 0 Å². The summed E-state index contributed by atoms with van der Waals surface area (Å²) in [5.41, 5.74) is 2.13. The summed E-state index contributed by atoms with van der Waals surface area (Å²) in [5.74, 6) is 0. The zero-order valence-corrected chi connectivity index (χ0v) is 7.18. The molecular formula is C9H11N3. The van der Waals surface area contributed by atoms with Gasteiger partial charge in [0, 0.05) is 0 Å². The lowest BCUT2D eigenvalue weighted by Crippen LogP contribution is -2.02. The van der Waals surface area contributed by atoms with E-state index in [0.717, 1.165) is 0 Å². The largest absolute Gasteiger partial charge is 0.303 e. The molecule has 1 aromatic heterocycles. The lowest BCUT2D eigenvalue weighted by Gasteiger charge is -2.00. The molecule has 0 aromatic carbocycles. The van der Waals surface area contributed by atoms with E-state index in [4.69, 9.17) is 10.8 Å². The van der Waals surface area contributed by atoms with Gasteiger partial charge in [-0.1, -0.05) is 6.07 Å². The highest BCUT2D eigenvalue weighted by Crippen LogP contribution is 2.00. The third kappa shape index (κ3) is 1.75. The first kappa shape index (κ1) is 8.59. The summed E-state index contributed by atoms with van der Waals surface area (Å²) < 4.78 is 0. The molecule has 0 saturated carbocycles. The summed E-state index contributed by atoms with van der Waals surface area (Å²) in [6.45, 7) is 3.37. The van der Waals surface area contributed by atoms with E-state index in [1.165, 1.54) is 0 Å². The van der Waals surface area contributed by atoms with E-state index >= 15 is 0 Å². The monoisotopic (exact) mass is 161 g/mol. The van der Waals surface area contributed by atoms with E-state index in [0.29, 0.717) is 22.8 Å². The molecule has 2 N–H and O–H groups in total. The lowest BCUT2D eigenvalue weighted by molar-refractivity contribution is 1.22. The molecule has 0 unspecified atom stereocenters. The zero-order valence-electron chi connectivity index (χ0n) is 7.18. The molecule has 12 heavy (non-hydrogen) atoms. The SMILES string of the molecule is CC(=N)c1cccc(C(C)=N)n1. The van der Waals surface area contributed by atoms with Gasteiger partial charge in [0.05, 0.1) is 22.8 Å². The summed E-state index contributed by atoms with van der Waals surface area (Å²) in [6.07, 6.45) is 0. The second-order valence-corrected chi connectivity index (χ2v) is 2.66. The minimum absolute atomic E-state index is 0.429. The number of nitrogens with zero attached hydrogens (tertiary/aromatic N) is 1. The molecule has 0 radical (unpaired) electrons. The van der Waals surface area contributed by atoms with Crippen molar-refractivity contribution in [3.63, 3.8) is 0 Å². The molecule has 1 aromatic rings. The van der Waals surface area contributed by atoms with Crippen LogP contribution < -0.4 is 0 Å². The van der Waals surface area contributed by atoms with Crippen LogP contribution in [-0.4, -0.2) is 16.4 Å². The van der Waals surface area contributed by atoms with Gasteiger partial charge < -0.3 is 10.8 Å². The molecule has 3 nitrogen and oxygen atoms in total. The van der Waals surface area contributed by atoms with Crippen LogP contribution in [0.2, 0.25) is 0 Å². The molecule has 0 spiro atoms. The van der Waals surface area contributed by atoms with Crippen LogP contribution in [0.25, 0.3) is 0 Å². The first-order valence-corrected chi connectivity index (χ1v) is 3.69. The zero-order chi connectivity index (χ0) is 9.14. The Morgan fingerprint density at radius 1 is 1.08 bits per heavy atom. The third-order valence-corrected chi connectivity index (χ3v) is 1.52. The van der Waals surface area contributed by atoms with Gasteiger partial charge in [-0.2, -0.15) is 0 Å². The Bertz CT molecular complexity index is 299. The number of aromatic nitrogens is 1. The summed E-state index contributed by atoms with van der Waals surface area (Å²) >= 11 is 0. The summed E-state index contributed by atoms with van der Waals surface area (Å²) in [5, 5.41) is 14.7. The molecule has 3 heteroatoms. The number of pyridine rings is 1. The Hall–Kier alpha value is -1.51. The minimum Gasteiger partial charge on any atom is -0.303 e. The maximum atomic E-state index is 7.34. The molecule has 0 amide bonds. The van der Waals surface area contributed by atoms with Gasteiger partial charge in [-0.15, -0.1) is 0 Å². The highest BCUT2D eigenvalue weighted by atomic mass is 14.7. The summed E-state index contributed by atoms with van der Waals surface area (Å²) in [4.78, 5) is 4.12. The molecule has 0 aliphatic rings. The first-order valence-electron chi connectivity index (χ1n) is 3.69. The number of hydrogen-bond acceptors (Lipinski definition) is 3. The van der Waals surface area contributed by atoms with Gasteiger partial charge in [0.15, 0.2) is 0 Å². The highest BCUT2D eigenvalue weighted by molar-refractivity contribution is 5.98. The maximum Gasteiger partial charge on any atom is 0.0842 e. The van der Waals surface area contributed by atoms with E-state index in [-0.39, 0.29) is 0 Å². The first-order chi connectivity index (χ1) is 5.61. The summed E-state index contributed by atoms with van der Waals surface area (Å²) in [6, 6.07) is 5.36. The minimum atomic E-state index is 0.429. The summed E-state index contributed by atoms with van der Waals surface area (Å²) in [7, 11) is 0. The van der Waals surface area contributed by atoms with Crippen LogP contribution in [0.5, 0.6) is 0 Å². The molecule has 0 aliphatic carbocycles. The van der Waals surface area contributed by atoms with Crippen molar-refractivity contribution >= 4 is 11.4 Å². The van der Waals surface area contributed by atoms with Crippen molar-refractivity contribution in [2.24, 2.45) is 0 Å². The van der Waals surface area contributed by atoms with Crippen molar-refractivity contribution in [1.82, 2.24) is 4.98 Å². The fraction of sp³-hybridized carbons (Fsp3) is 0.222. The predicted molar refractivity (Wildman–Crippen MR) is 49.2 cm³/mol. The van der Waals surface area contributed by atoms with Crippen molar-refractivity contribution in [1.29, 1.82) is 10.8 Å². The van der Waals surface area contributed by atoms with Crippen molar-refractivity contribution in [2.75, 3.05) is 0 Å². The average molecular weight is 161 g/mol. The standard InChI is InChI=1S/C9H11N3/c1-6(10)8-4-3-5-9(12-8)7(2)11/h3-5,10-11H,1-2H3. The third-order valence-electron chi connectivity index (χ3n) is 1.52. The van der Waals surface area contributed by atoms with Gasteiger partial charge in [-0.05, 0) is 26.0 Å². The second kappa shape index (κ2) is 3.26. The molecule has 1 rings (SSSR count). The van der Waals surface area contributed by atoms with Gasteiger partial charge in [0.25, 0.3) is 0 Å². The van der Waals surface area contributed by atoms with Gasteiger partial charge in [-0.25, -0.2) is 4.98 Å². The molecule has 0 atom stereocenters. The van der Waals surface area contributed by atoms with E-state index in [9.17, 15) is 0 Å². The van der Waals surface area contributed by atoms with Crippen LogP contribution >= 0.6 is 0 Å². The van der Waals surface area contributed by atoms with Gasteiger partial charge >= 0.3 is 0 Å². The molecular weight excluding hydrogens is 150 g/mol.